The van der Waals surface area contributed by atoms with Gasteiger partial charge < -0.3 is 10.2 Å². The molecule has 0 spiro atoms. The number of likely N-dealkylation sites (N-methyl/N-ethyl adjacent to an activating group) is 1. The fraction of sp³-hybridized carbons (Fsp3) is 1.00. The molecule has 0 saturated heterocycles. The van der Waals surface area contributed by atoms with Crippen LogP contribution in [0.2, 0.25) is 0 Å². The fourth-order valence-corrected chi connectivity index (χ4v) is 1.93. The number of hydrogen-bond donors (Lipinski definition) is 1. The molecule has 92 valence electrons. The van der Waals surface area contributed by atoms with E-state index in [4.69, 9.17) is 0 Å². The summed E-state index contributed by atoms with van der Waals surface area (Å²) >= 11 is 0. The molecule has 0 bridgehead atoms. The van der Waals surface area contributed by atoms with Gasteiger partial charge in [0.15, 0.2) is 0 Å². The van der Waals surface area contributed by atoms with Crippen molar-refractivity contribution in [2.75, 3.05) is 26.7 Å². The molecule has 0 aromatic carbocycles. The Labute approximate surface area is 96.4 Å². The second-order valence-electron chi connectivity index (χ2n) is 5.74. The molecule has 0 saturated carbocycles. The van der Waals surface area contributed by atoms with Gasteiger partial charge in [0, 0.05) is 19.1 Å². The monoisotopic (exact) mass is 214 g/mol. The van der Waals surface area contributed by atoms with Crippen LogP contribution in [-0.4, -0.2) is 37.6 Å². The summed E-state index contributed by atoms with van der Waals surface area (Å²) in [7, 11) is 2.24. The van der Waals surface area contributed by atoms with Crippen molar-refractivity contribution in [3.05, 3.63) is 0 Å². The molecule has 0 aliphatic rings. The van der Waals surface area contributed by atoms with Gasteiger partial charge >= 0.3 is 0 Å². The van der Waals surface area contributed by atoms with Crippen molar-refractivity contribution in [3.8, 4) is 0 Å². The van der Waals surface area contributed by atoms with Crippen LogP contribution in [0.5, 0.6) is 0 Å². The van der Waals surface area contributed by atoms with Gasteiger partial charge in [0.1, 0.15) is 0 Å². The predicted octanol–water partition coefficient (Wildman–Crippen LogP) is 2.74. The fourth-order valence-electron chi connectivity index (χ4n) is 1.93. The topological polar surface area (TPSA) is 15.3 Å². The number of rotatable bonds is 7. The van der Waals surface area contributed by atoms with Crippen LogP contribution in [0.25, 0.3) is 0 Å². The first kappa shape index (κ1) is 14.9. The van der Waals surface area contributed by atoms with Crippen molar-refractivity contribution >= 4 is 0 Å². The Hall–Kier alpha value is -0.0800. The molecular formula is C13H30N2. The van der Waals surface area contributed by atoms with E-state index in [9.17, 15) is 0 Å². The Bertz CT molecular complexity index is 149. The Kier molecular flexibility index (Phi) is 7.20. The lowest BCUT2D eigenvalue weighted by molar-refractivity contribution is 0.165. The molecule has 1 unspecified atom stereocenters. The lowest BCUT2D eigenvalue weighted by atomic mass is 9.95. The van der Waals surface area contributed by atoms with Crippen LogP contribution in [0.3, 0.4) is 0 Å². The summed E-state index contributed by atoms with van der Waals surface area (Å²) in [6, 6.07) is 0.677. The van der Waals surface area contributed by atoms with Crippen molar-refractivity contribution < 1.29 is 0 Å². The van der Waals surface area contributed by atoms with Gasteiger partial charge in [-0.25, -0.2) is 0 Å². The first-order chi connectivity index (χ1) is 6.90. The summed E-state index contributed by atoms with van der Waals surface area (Å²) in [5, 5.41) is 3.51. The smallest absolute Gasteiger partial charge is 0.0215 e. The van der Waals surface area contributed by atoms with Crippen molar-refractivity contribution in [1.29, 1.82) is 0 Å². The molecule has 15 heavy (non-hydrogen) atoms. The van der Waals surface area contributed by atoms with Crippen LogP contribution in [0, 0.1) is 5.41 Å². The second kappa shape index (κ2) is 7.24. The van der Waals surface area contributed by atoms with Crippen LogP contribution in [-0.2, 0) is 0 Å². The van der Waals surface area contributed by atoms with E-state index in [1.165, 1.54) is 19.4 Å². The summed E-state index contributed by atoms with van der Waals surface area (Å²) in [6.07, 6.45) is 2.45. The molecule has 0 rings (SSSR count). The number of nitrogens with zero attached hydrogens (tertiary/aromatic N) is 1. The van der Waals surface area contributed by atoms with E-state index >= 15 is 0 Å². The van der Waals surface area contributed by atoms with Gasteiger partial charge in [-0.1, -0.05) is 34.6 Å². The maximum absolute atomic E-state index is 3.51. The zero-order valence-electron chi connectivity index (χ0n) is 11.6. The van der Waals surface area contributed by atoms with Gasteiger partial charge in [-0.2, -0.15) is 0 Å². The lowest BCUT2D eigenvalue weighted by Gasteiger charge is -2.33. The average molecular weight is 214 g/mol. The summed E-state index contributed by atoms with van der Waals surface area (Å²) < 4.78 is 0. The van der Waals surface area contributed by atoms with Gasteiger partial charge in [-0.05, 0) is 31.8 Å². The van der Waals surface area contributed by atoms with Crippen LogP contribution in [0.15, 0.2) is 0 Å². The van der Waals surface area contributed by atoms with E-state index in [1.807, 2.05) is 0 Å². The highest BCUT2D eigenvalue weighted by Gasteiger charge is 2.18. The molecule has 0 aliphatic heterocycles. The Morgan fingerprint density at radius 3 is 2.20 bits per heavy atom. The molecule has 0 aromatic heterocycles. The highest BCUT2D eigenvalue weighted by Crippen LogP contribution is 2.16. The van der Waals surface area contributed by atoms with Crippen molar-refractivity contribution in [2.24, 2.45) is 5.41 Å². The quantitative estimate of drug-likeness (QED) is 0.656. The van der Waals surface area contributed by atoms with Gasteiger partial charge in [0.05, 0.1) is 0 Å². The van der Waals surface area contributed by atoms with Crippen molar-refractivity contribution in [2.45, 2.75) is 53.5 Å². The maximum atomic E-state index is 3.51. The Morgan fingerprint density at radius 1 is 1.20 bits per heavy atom. The highest BCUT2D eigenvalue weighted by atomic mass is 15.2. The molecular weight excluding hydrogens is 184 g/mol. The van der Waals surface area contributed by atoms with Gasteiger partial charge in [-0.3, -0.25) is 0 Å². The molecule has 0 aromatic rings. The van der Waals surface area contributed by atoms with Gasteiger partial charge in [0.25, 0.3) is 0 Å². The minimum atomic E-state index is 0.396. The summed E-state index contributed by atoms with van der Waals surface area (Å²) in [4.78, 5) is 2.49. The van der Waals surface area contributed by atoms with Crippen LogP contribution < -0.4 is 5.32 Å². The van der Waals surface area contributed by atoms with E-state index in [0.717, 1.165) is 13.1 Å². The zero-order chi connectivity index (χ0) is 11.9. The third-order valence-corrected chi connectivity index (χ3v) is 2.63. The lowest BCUT2D eigenvalue weighted by Crippen LogP contribution is -2.43. The largest absolute Gasteiger partial charge is 0.315 e. The first-order valence-corrected chi connectivity index (χ1v) is 6.31. The molecule has 0 aliphatic carbocycles. The highest BCUT2D eigenvalue weighted by molar-refractivity contribution is 4.74. The predicted molar refractivity (Wildman–Crippen MR) is 69.3 cm³/mol. The van der Waals surface area contributed by atoms with Crippen molar-refractivity contribution in [1.82, 2.24) is 10.2 Å². The Balaban J connectivity index is 3.93. The van der Waals surface area contributed by atoms with Crippen molar-refractivity contribution in [3.63, 3.8) is 0 Å². The van der Waals surface area contributed by atoms with E-state index < -0.39 is 0 Å². The second-order valence-corrected chi connectivity index (χ2v) is 5.74. The minimum absolute atomic E-state index is 0.396. The van der Waals surface area contributed by atoms with E-state index in [-0.39, 0.29) is 0 Å². The number of hydrogen-bond acceptors (Lipinski definition) is 2. The van der Waals surface area contributed by atoms with Gasteiger partial charge in [-0.15, -0.1) is 0 Å². The summed E-state index contributed by atoms with van der Waals surface area (Å²) in [5.41, 5.74) is 0.396. The third-order valence-electron chi connectivity index (χ3n) is 2.63. The van der Waals surface area contributed by atoms with Crippen LogP contribution in [0.4, 0.5) is 0 Å². The Morgan fingerprint density at radius 2 is 1.80 bits per heavy atom. The SMILES string of the molecule is CCCNCC(CC)N(C)CC(C)(C)C. The molecule has 0 fully saturated rings. The van der Waals surface area contributed by atoms with Crippen LogP contribution in [0.1, 0.15) is 47.5 Å². The molecule has 0 radical (unpaired) electrons. The summed E-state index contributed by atoms with van der Waals surface area (Å²) in [5.74, 6) is 0. The molecule has 2 heteroatoms. The molecule has 2 nitrogen and oxygen atoms in total. The van der Waals surface area contributed by atoms with E-state index in [1.54, 1.807) is 0 Å². The first-order valence-electron chi connectivity index (χ1n) is 6.31. The summed E-state index contributed by atoms with van der Waals surface area (Å²) in [6.45, 7) is 14.8. The van der Waals surface area contributed by atoms with Crippen LogP contribution >= 0.6 is 0 Å². The van der Waals surface area contributed by atoms with Gasteiger partial charge in [0.2, 0.25) is 0 Å². The maximum Gasteiger partial charge on any atom is 0.0215 e. The zero-order valence-corrected chi connectivity index (χ0v) is 11.6. The molecule has 1 atom stereocenters. The van der Waals surface area contributed by atoms with E-state index in [0.29, 0.717) is 11.5 Å². The normalized spacial score (nSPS) is 14.6. The molecule has 0 heterocycles. The standard InChI is InChI=1S/C13H30N2/c1-7-9-14-10-12(8-2)15(6)11-13(3,4)5/h12,14H,7-11H2,1-6H3. The minimum Gasteiger partial charge on any atom is -0.315 e. The average Bonchev–Trinajstić information content (AvgIpc) is 2.09. The third kappa shape index (κ3) is 7.80. The van der Waals surface area contributed by atoms with E-state index in [2.05, 4.69) is 51.9 Å². The molecule has 1 N–H and O–H groups in total. The number of nitrogens with one attached hydrogen (secondary N) is 1. The molecule has 0 amide bonds.